The lowest BCUT2D eigenvalue weighted by Gasteiger charge is -2.26. The Balaban J connectivity index is 1.08. The van der Waals surface area contributed by atoms with Crippen molar-refractivity contribution < 1.29 is 36.6 Å². The van der Waals surface area contributed by atoms with Gasteiger partial charge in [-0.05, 0) is 74.8 Å². The molecule has 0 atom stereocenters. The first-order valence-corrected chi connectivity index (χ1v) is 15.7. The second-order valence-electron chi connectivity index (χ2n) is 11.5. The molecule has 3 heterocycles. The topological polar surface area (TPSA) is 79.4 Å². The molecule has 2 amide bonds. The summed E-state index contributed by atoms with van der Waals surface area (Å²) < 4.78 is 72.2. The van der Waals surface area contributed by atoms with Crippen molar-refractivity contribution in [2.24, 2.45) is 0 Å². The molecule has 1 aromatic heterocycles. The molecule has 2 aliphatic heterocycles. The number of benzene rings is 3. The van der Waals surface area contributed by atoms with E-state index in [1.165, 1.54) is 65.7 Å². The zero-order valence-corrected chi connectivity index (χ0v) is 26.3. The van der Waals surface area contributed by atoms with Gasteiger partial charge in [0.25, 0.3) is 0 Å². The van der Waals surface area contributed by atoms with Gasteiger partial charge in [0, 0.05) is 54.0 Å². The fraction of sp³-hybridized carbons (Fsp3) is 0.314. The fourth-order valence-electron chi connectivity index (χ4n) is 5.70. The molecule has 48 heavy (non-hydrogen) atoms. The highest BCUT2D eigenvalue weighted by Crippen LogP contribution is 2.38. The van der Waals surface area contributed by atoms with Crippen LogP contribution in [0.25, 0.3) is 10.9 Å². The van der Waals surface area contributed by atoms with Gasteiger partial charge in [-0.15, -0.1) is 0 Å². The maximum absolute atomic E-state index is 15.2. The Kier molecular flexibility index (Phi) is 9.85. The summed E-state index contributed by atoms with van der Waals surface area (Å²) in [5.74, 6) is 0.613. The van der Waals surface area contributed by atoms with Crippen LogP contribution in [0, 0.1) is 5.82 Å². The molecule has 2 aliphatic rings. The summed E-state index contributed by atoms with van der Waals surface area (Å²) in [5, 5.41) is 3.20. The number of urea groups is 1. The first-order chi connectivity index (χ1) is 23.2. The highest BCUT2D eigenvalue weighted by Gasteiger charge is 2.31. The summed E-state index contributed by atoms with van der Waals surface area (Å²) in [5.41, 5.74) is 0.235. The van der Waals surface area contributed by atoms with Crippen molar-refractivity contribution in [1.29, 1.82) is 0 Å². The zero-order chi connectivity index (χ0) is 33.7. The summed E-state index contributed by atoms with van der Waals surface area (Å²) >= 11 is 0. The molecule has 9 nitrogen and oxygen atoms in total. The summed E-state index contributed by atoms with van der Waals surface area (Å²) in [6.45, 7) is 3.76. The minimum Gasteiger partial charge on any atom is -0.493 e. The van der Waals surface area contributed by atoms with Crippen molar-refractivity contribution >= 4 is 28.3 Å². The number of hydrogen-bond donors (Lipinski definition) is 1. The van der Waals surface area contributed by atoms with Gasteiger partial charge in [-0.2, -0.15) is 13.2 Å². The Morgan fingerprint density at radius 1 is 0.938 bits per heavy atom. The van der Waals surface area contributed by atoms with Gasteiger partial charge in [-0.25, -0.2) is 9.18 Å². The third-order valence-electron chi connectivity index (χ3n) is 8.21. The van der Waals surface area contributed by atoms with Crippen LogP contribution < -0.4 is 24.4 Å². The van der Waals surface area contributed by atoms with Gasteiger partial charge in [-0.3, -0.25) is 9.88 Å². The van der Waals surface area contributed by atoms with E-state index in [9.17, 15) is 18.0 Å². The van der Waals surface area contributed by atoms with E-state index in [0.29, 0.717) is 34.8 Å². The molecule has 3 aromatic carbocycles. The molecule has 0 radical (unpaired) electrons. The summed E-state index contributed by atoms with van der Waals surface area (Å²) in [6, 6.07) is 13.4. The van der Waals surface area contributed by atoms with Crippen LogP contribution in [0.2, 0.25) is 0 Å². The predicted molar refractivity (Wildman–Crippen MR) is 174 cm³/mol. The van der Waals surface area contributed by atoms with E-state index in [0.717, 1.165) is 44.3 Å². The van der Waals surface area contributed by atoms with E-state index in [4.69, 9.17) is 14.2 Å². The Hall–Kier alpha value is -5.04. The van der Waals surface area contributed by atoms with Gasteiger partial charge < -0.3 is 29.3 Å². The number of likely N-dealkylation sites (tertiary alicyclic amines) is 1. The number of carbonyl (C=O) groups is 1. The first kappa shape index (κ1) is 32.9. The van der Waals surface area contributed by atoms with Crippen molar-refractivity contribution in [3.63, 3.8) is 0 Å². The van der Waals surface area contributed by atoms with E-state index < -0.39 is 23.6 Å². The average Bonchev–Trinajstić information content (AvgIpc) is 3.59. The van der Waals surface area contributed by atoms with E-state index >= 15 is 4.39 Å². The van der Waals surface area contributed by atoms with Gasteiger partial charge in [-0.1, -0.05) is 12.5 Å². The maximum atomic E-state index is 15.2. The van der Waals surface area contributed by atoms with Gasteiger partial charge in [0.2, 0.25) is 0 Å². The molecule has 1 saturated heterocycles. The molecule has 13 heteroatoms. The number of pyridine rings is 1. The van der Waals surface area contributed by atoms with Gasteiger partial charge in [0.1, 0.15) is 12.4 Å². The van der Waals surface area contributed by atoms with Crippen LogP contribution in [0.4, 0.5) is 33.7 Å². The number of alkyl halides is 3. The predicted octanol–water partition coefficient (Wildman–Crippen LogP) is 8.23. The third kappa shape index (κ3) is 7.73. The summed E-state index contributed by atoms with van der Waals surface area (Å²) in [7, 11) is 1.55. The Morgan fingerprint density at radius 2 is 1.77 bits per heavy atom. The van der Waals surface area contributed by atoms with Gasteiger partial charge in [0.15, 0.2) is 23.1 Å². The molecular formula is C35H35F4N5O4. The molecule has 6 rings (SSSR count). The molecule has 252 valence electrons. The quantitative estimate of drug-likeness (QED) is 0.135. The number of rotatable bonds is 10. The fourth-order valence-corrected chi connectivity index (χ4v) is 5.70. The summed E-state index contributed by atoms with van der Waals surface area (Å²) in [4.78, 5) is 22.5. The lowest BCUT2D eigenvalue weighted by atomic mass is 10.1. The minimum atomic E-state index is -4.49. The summed E-state index contributed by atoms with van der Waals surface area (Å²) in [6.07, 6.45) is 4.66. The number of amides is 2. The van der Waals surface area contributed by atoms with Crippen molar-refractivity contribution in [2.45, 2.75) is 31.9 Å². The largest absolute Gasteiger partial charge is 0.493 e. The number of anilines is 2. The molecule has 0 unspecified atom stereocenters. The lowest BCUT2D eigenvalue weighted by Crippen LogP contribution is -2.33. The molecule has 4 aromatic rings. The number of ether oxygens (including phenoxy) is 3. The number of hydrogen-bond acceptors (Lipinski definition) is 7. The van der Waals surface area contributed by atoms with Crippen LogP contribution >= 0.6 is 0 Å². The Bertz CT molecular complexity index is 1800. The number of aromatic nitrogens is 1. The second-order valence-corrected chi connectivity index (χ2v) is 11.5. The van der Waals surface area contributed by atoms with E-state index in [-0.39, 0.29) is 23.8 Å². The maximum Gasteiger partial charge on any atom is 0.416 e. The molecule has 0 bridgehead atoms. The molecular weight excluding hydrogens is 630 g/mol. The highest BCUT2D eigenvalue weighted by molar-refractivity contribution is 5.91. The SMILES string of the molecule is COc1cc2c(Oc3ccc(NC(=O)N4C=CN(c5cccc(C(F)(F)F)c5)C4)cc3F)ccnc2cc1OCCCN1CCCCC1. The van der Waals surface area contributed by atoms with Gasteiger partial charge >= 0.3 is 12.2 Å². The average molecular weight is 666 g/mol. The second kappa shape index (κ2) is 14.4. The minimum absolute atomic E-state index is 0.0270. The van der Waals surface area contributed by atoms with Crippen LogP contribution in [0.15, 0.2) is 79.3 Å². The van der Waals surface area contributed by atoms with E-state index in [1.54, 1.807) is 31.5 Å². The normalized spacial score (nSPS) is 15.2. The number of nitrogens with zero attached hydrogens (tertiary/aromatic N) is 4. The number of halogens is 4. The number of fused-ring (bicyclic) bond motifs is 1. The van der Waals surface area contributed by atoms with Crippen molar-refractivity contribution in [3.8, 4) is 23.0 Å². The van der Waals surface area contributed by atoms with Crippen LogP contribution in [0.1, 0.15) is 31.2 Å². The number of piperidine rings is 1. The van der Waals surface area contributed by atoms with Crippen LogP contribution in [0.5, 0.6) is 23.0 Å². The van der Waals surface area contributed by atoms with Crippen LogP contribution in [0.3, 0.4) is 0 Å². The molecule has 1 fully saturated rings. The van der Waals surface area contributed by atoms with Crippen LogP contribution in [-0.2, 0) is 6.18 Å². The van der Waals surface area contributed by atoms with E-state index in [1.807, 2.05) is 0 Å². The molecule has 0 saturated carbocycles. The smallest absolute Gasteiger partial charge is 0.416 e. The Morgan fingerprint density at radius 3 is 2.54 bits per heavy atom. The third-order valence-corrected chi connectivity index (χ3v) is 8.21. The number of methoxy groups -OCH3 is 1. The van der Waals surface area contributed by atoms with Crippen molar-refractivity contribution in [3.05, 3.63) is 90.6 Å². The zero-order valence-electron chi connectivity index (χ0n) is 26.3. The lowest BCUT2D eigenvalue weighted by molar-refractivity contribution is -0.137. The Labute approximate surface area is 275 Å². The van der Waals surface area contributed by atoms with Crippen molar-refractivity contribution in [1.82, 2.24) is 14.8 Å². The monoisotopic (exact) mass is 665 g/mol. The molecule has 0 aliphatic carbocycles. The van der Waals surface area contributed by atoms with Crippen LogP contribution in [-0.4, -0.2) is 60.8 Å². The van der Waals surface area contributed by atoms with Gasteiger partial charge in [0.05, 0.1) is 24.8 Å². The number of nitrogens with one attached hydrogen (secondary N) is 1. The molecule has 1 N–H and O–H groups in total. The standard InChI is InChI=1S/C35H35F4N5O4/c1-46-32-21-27-29(22-33(32)47-18-6-15-42-13-3-2-4-14-42)40-12-11-30(27)48-31-10-9-25(20-28(31)36)41-34(45)44-17-16-43(23-44)26-8-5-7-24(19-26)35(37,38)39/h5,7-12,16-17,19-22H,2-4,6,13-15,18,23H2,1H3,(H,41,45). The first-order valence-electron chi connectivity index (χ1n) is 15.7. The highest BCUT2D eigenvalue weighted by atomic mass is 19.4. The van der Waals surface area contributed by atoms with E-state index in [2.05, 4.69) is 15.2 Å². The molecule has 0 spiro atoms. The number of carbonyl (C=O) groups excluding carboxylic acids is 1. The van der Waals surface area contributed by atoms with Crippen molar-refractivity contribution in [2.75, 3.05) is 50.2 Å².